The Morgan fingerprint density at radius 1 is 1.08 bits per heavy atom. The van der Waals surface area contributed by atoms with Crippen molar-refractivity contribution in [3.8, 4) is 0 Å². The third-order valence-corrected chi connectivity index (χ3v) is 5.05. The van der Waals surface area contributed by atoms with E-state index < -0.39 is 17.6 Å². The molecule has 3 rings (SSSR count). The number of hydrazone groups is 1. The third kappa shape index (κ3) is 3.44. The Morgan fingerprint density at radius 2 is 1.62 bits per heavy atom. The number of amides is 1. The van der Waals surface area contributed by atoms with E-state index in [9.17, 15) is 14.7 Å². The first-order valence-corrected chi connectivity index (χ1v) is 9.18. The number of aliphatic hydroxyl groups is 1. The van der Waals surface area contributed by atoms with Gasteiger partial charge in [-0.1, -0.05) is 44.0 Å². The lowest BCUT2D eigenvalue weighted by Gasteiger charge is -2.31. The highest BCUT2D eigenvalue weighted by Gasteiger charge is 2.48. The summed E-state index contributed by atoms with van der Waals surface area (Å²) in [5.74, 6) is -1.21. The zero-order valence-electron chi connectivity index (χ0n) is 13.6. The lowest BCUT2D eigenvalue weighted by Crippen LogP contribution is -2.43. The molecule has 0 aromatic heterocycles. The molecule has 1 aliphatic rings. The van der Waals surface area contributed by atoms with Crippen LogP contribution in [-0.4, -0.2) is 34.8 Å². The van der Waals surface area contributed by atoms with Crippen LogP contribution in [0.2, 0.25) is 0 Å². The first-order valence-electron chi connectivity index (χ1n) is 7.59. The quantitative estimate of drug-likeness (QED) is 0.681. The fourth-order valence-corrected chi connectivity index (χ4v) is 3.18. The van der Waals surface area contributed by atoms with Crippen LogP contribution in [0.3, 0.4) is 0 Å². The van der Waals surface area contributed by atoms with Gasteiger partial charge < -0.3 is 9.84 Å². The molecule has 0 saturated heterocycles. The van der Waals surface area contributed by atoms with E-state index >= 15 is 0 Å². The molecule has 0 aliphatic carbocycles. The zero-order valence-corrected chi connectivity index (χ0v) is 16.8. The van der Waals surface area contributed by atoms with E-state index in [1.807, 2.05) is 0 Å². The van der Waals surface area contributed by atoms with E-state index in [0.29, 0.717) is 11.1 Å². The zero-order chi connectivity index (χ0) is 18.9. The number of halogens is 2. The average Bonchev–Trinajstić information content (AvgIpc) is 3.00. The first kappa shape index (κ1) is 18.8. The van der Waals surface area contributed by atoms with Crippen LogP contribution in [0, 0.1) is 0 Å². The Hall–Kier alpha value is -2.03. The molecule has 1 amide bonds. The Labute approximate surface area is 166 Å². The molecule has 1 atom stereocenters. The summed E-state index contributed by atoms with van der Waals surface area (Å²) in [5, 5.41) is 16.3. The average molecular weight is 482 g/mol. The summed E-state index contributed by atoms with van der Waals surface area (Å²) in [6.45, 7) is 0. The SMILES string of the molecule is COC(=O)C1=NN(C(=O)c2ccc(Br)cc2)[C@](O)(c2ccc(Br)cc2)C1. The van der Waals surface area contributed by atoms with Crippen molar-refractivity contribution in [2.45, 2.75) is 12.1 Å². The minimum absolute atomic E-state index is 0.0246. The standard InChI is InChI=1S/C18H14Br2N2O4/c1-26-17(24)15-10-18(25,12-4-8-14(20)9-5-12)22(21-15)16(23)11-2-6-13(19)7-3-11/h2-9,25H,10H2,1H3/t18-/m1/s1. The van der Waals surface area contributed by atoms with Crippen LogP contribution in [0.25, 0.3) is 0 Å². The van der Waals surface area contributed by atoms with Crippen LogP contribution in [0.15, 0.2) is 62.6 Å². The van der Waals surface area contributed by atoms with Gasteiger partial charge in [0, 0.05) is 20.1 Å². The van der Waals surface area contributed by atoms with Crippen molar-refractivity contribution in [3.63, 3.8) is 0 Å². The normalized spacial score (nSPS) is 19.2. The van der Waals surface area contributed by atoms with Crippen molar-refractivity contribution in [2.75, 3.05) is 7.11 Å². The Balaban J connectivity index is 2.05. The van der Waals surface area contributed by atoms with Gasteiger partial charge in [0.05, 0.1) is 13.5 Å². The second-order valence-corrected chi connectivity index (χ2v) is 7.49. The molecule has 0 radical (unpaired) electrons. The molecule has 1 heterocycles. The molecule has 26 heavy (non-hydrogen) atoms. The molecule has 6 nitrogen and oxygen atoms in total. The molecule has 0 saturated carbocycles. The second kappa shape index (κ2) is 7.30. The van der Waals surface area contributed by atoms with Crippen LogP contribution in [0.1, 0.15) is 22.3 Å². The van der Waals surface area contributed by atoms with Crippen LogP contribution in [-0.2, 0) is 15.3 Å². The van der Waals surface area contributed by atoms with Gasteiger partial charge in [-0.15, -0.1) is 0 Å². The van der Waals surface area contributed by atoms with Crippen molar-refractivity contribution in [1.82, 2.24) is 5.01 Å². The molecule has 2 aromatic carbocycles. The van der Waals surface area contributed by atoms with Crippen molar-refractivity contribution >= 4 is 49.4 Å². The molecule has 0 fully saturated rings. The van der Waals surface area contributed by atoms with Gasteiger partial charge in [-0.05, 0) is 36.4 Å². The van der Waals surface area contributed by atoms with Gasteiger partial charge in [-0.25, -0.2) is 4.79 Å². The molecule has 8 heteroatoms. The number of carbonyl (C=O) groups is 2. The van der Waals surface area contributed by atoms with Gasteiger partial charge in [0.2, 0.25) is 0 Å². The number of rotatable bonds is 3. The van der Waals surface area contributed by atoms with Crippen molar-refractivity contribution in [3.05, 3.63) is 68.6 Å². The van der Waals surface area contributed by atoms with Crippen LogP contribution in [0.4, 0.5) is 0 Å². The highest BCUT2D eigenvalue weighted by Crippen LogP contribution is 2.37. The van der Waals surface area contributed by atoms with E-state index in [2.05, 4.69) is 37.0 Å². The van der Waals surface area contributed by atoms with Gasteiger partial charge in [0.1, 0.15) is 0 Å². The molecule has 0 unspecified atom stereocenters. The molecule has 0 spiro atoms. The smallest absolute Gasteiger partial charge is 0.354 e. The molecule has 134 valence electrons. The van der Waals surface area contributed by atoms with Crippen molar-refractivity contribution < 1.29 is 19.4 Å². The topological polar surface area (TPSA) is 79.2 Å². The molecule has 0 bridgehead atoms. The number of esters is 1. The summed E-state index contributed by atoms with van der Waals surface area (Å²) in [4.78, 5) is 24.9. The lowest BCUT2D eigenvalue weighted by atomic mass is 9.97. The maximum Gasteiger partial charge on any atom is 0.354 e. The maximum atomic E-state index is 13.0. The minimum atomic E-state index is -1.78. The van der Waals surface area contributed by atoms with Gasteiger partial charge in [0.25, 0.3) is 5.91 Å². The van der Waals surface area contributed by atoms with Crippen molar-refractivity contribution in [1.29, 1.82) is 0 Å². The summed E-state index contributed by atoms with van der Waals surface area (Å²) in [5.41, 5.74) is -1.04. The summed E-state index contributed by atoms with van der Waals surface area (Å²) in [6, 6.07) is 13.5. The molecular weight excluding hydrogens is 468 g/mol. The number of benzene rings is 2. The highest BCUT2D eigenvalue weighted by molar-refractivity contribution is 9.10. The summed E-state index contributed by atoms with van der Waals surface area (Å²) < 4.78 is 6.34. The van der Waals surface area contributed by atoms with Crippen LogP contribution < -0.4 is 0 Å². The fraction of sp³-hybridized carbons (Fsp3) is 0.167. The number of methoxy groups -OCH3 is 1. The van der Waals surface area contributed by atoms with E-state index in [-0.39, 0.29) is 12.1 Å². The minimum Gasteiger partial charge on any atom is -0.464 e. The van der Waals surface area contributed by atoms with E-state index in [4.69, 9.17) is 4.74 Å². The summed E-state index contributed by atoms with van der Waals surface area (Å²) >= 11 is 6.65. The summed E-state index contributed by atoms with van der Waals surface area (Å²) in [6.07, 6.45) is -0.163. The van der Waals surface area contributed by atoms with E-state index in [1.54, 1.807) is 48.5 Å². The van der Waals surface area contributed by atoms with E-state index in [1.165, 1.54) is 7.11 Å². The molecular formula is C18H14Br2N2O4. The first-order chi connectivity index (χ1) is 12.3. The third-order valence-electron chi connectivity index (χ3n) is 4.00. The van der Waals surface area contributed by atoms with Crippen LogP contribution in [0.5, 0.6) is 0 Å². The van der Waals surface area contributed by atoms with Gasteiger partial charge in [-0.3, -0.25) is 4.79 Å². The Morgan fingerprint density at radius 3 is 2.15 bits per heavy atom. The monoisotopic (exact) mass is 480 g/mol. The predicted octanol–water partition coefficient (Wildman–Crippen LogP) is 3.43. The van der Waals surface area contributed by atoms with E-state index in [0.717, 1.165) is 14.0 Å². The Kier molecular flexibility index (Phi) is 5.27. The number of carbonyl (C=O) groups excluding carboxylic acids is 2. The van der Waals surface area contributed by atoms with Crippen molar-refractivity contribution in [2.24, 2.45) is 5.10 Å². The van der Waals surface area contributed by atoms with Gasteiger partial charge in [-0.2, -0.15) is 10.1 Å². The van der Waals surface area contributed by atoms with Crippen LogP contribution >= 0.6 is 31.9 Å². The predicted molar refractivity (Wildman–Crippen MR) is 102 cm³/mol. The summed E-state index contributed by atoms with van der Waals surface area (Å²) in [7, 11) is 1.22. The fourth-order valence-electron chi connectivity index (χ4n) is 2.65. The number of hydrogen-bond acceptors (Lipinski definition) is 5. The number of hydrogen-bond donors (Lipinski definition) is 1. The number of ether oxygens (including phenoxy) is 1. The van der Waals surface area contributed by atoms with Gasteiger partial charge >= 0.3 is 5.97 Å². The largest absolute Gasteiger partial charge is 0.464 e. The van der Waals surface area contributed by atoms with Gasteiger partial charge in [0.15, 0.2) is 11.4 Å². The molecule has 1 N–H and O–H groups in total. The lowest BCUT2D eigenvalue weighted by molar-refractivity contribution is -0.133. The molecule has 1 aliphatic heterocycles. The maximum absolute atomic E-state index is 13.0. The Bertz CT molecular complexity index is 881. The highest BCUT2D eigenvalue weighted by atomic mass is 79.9. The second-order valence-electron chi connectivity index (χ2n) is 5.66. The number of nitrogens with zero attached hydrogens (tertiary/aromatic N) is 2. The molecule has 2 aromatic rings.